The molecule has 1 heterocycles. The van der Waals surface area contributed by atoms with Crippen molar-refractivity contribution >= 4 is 56.5 Å². The number of anilines is 1. The summed E-state index contributed by atoms with van der Waals surface area (Å²) in [6.07, 6.45) is 0. The Labute approximate surface area is 141 Å². The van der Waals surface area contributed by atoms with Gasteiger partial charge in [-0.25, -0.2) is 4.98 Å². The largest absolute Gasteiger partial charge is 0.324 e. The second kappa shape index (κ2) is 7.13. The van der Waals surface area contributed by atoms with E-state index < -0.39 is 0 Å². The van der Waals surface area contributed by atoms with E-state index >= 15 is 0 Å². The van der Waals surface area contributed by atoms with Crippen molar-refractivity contribution in [1.29, 1.82) is 0 Å². The van der Waals surface area contributed by atoms with E-state index in [4.69, 9.17) is 11.6 Å². The second-order valence-corrected chi connectivity index (χ2v) is 7.10. The predicted molar refractivity (Wildman–Crippen MR) is 95.9 cm³/mol. The smallest absolute Gasteiger partial charge is 0.234 e. The molecule has 1 N–H and O–H groups in total. The molecule has 22 heavy (non-hydrogen) atoms. The SMILES string of the molecule is O=C(CSCc1nc2ccccc2s1)Nc1ccccc1Cl. The number of carbonyl (C=O) groups is 1. The molecular weight excluding hydrogens is 336 g/mol. The lowest BCUT2D eigenvalue weighted by Crippen LogP contribution is -2.14. The van der Waals surface area contributed by atoms with Gasteiger partial charge in [0.15, 0.2) is 0 Å². The van der Waals surface area contributed by atoms with Crippen LogP contribution >= 0.6 is 34.7 Å². The maximum absolute atomic E-state index is 11.9. The molecule has 3 aromatic rings. The first-order valence-corrected chi connectivity index (χ1v) is 9.04. The summed E-state index contributed by atoms with van der Waals surface area (Å²) in [4.78, 5) is 16.5. The molecule has 0 fully saturated rings. The lowest BCUT2D eigenvalue weighted by molar-refractivity contribution is -0.113. The Bertz CT molecular complexity index is 770. The number of fused-ring (bicyclic) bond motifs is 1. The van der Waals surface area contributed by atoms with Crippen molar-refractivity contribution in [3.63, 3.8) is 0 Å². The van der Waals surface area contributed by atoms with Crippen LogP contribution in [0.2, 0.25) is 5.02 Å². The zero-order valence-electron chi connectivity index (χ0n) is 11.6. The highest BCUT2D eigenvalue weighted by Crippen LogP contribution is 2.25. The van der Waals surface area contributed by atoms with E-state index in [1.54, 1.807) is 35.2 Å². The third-order valence-corrected chi connectivity index (χ3v) is 5.44. The number of thioether (sulfide) groups is 1. The van der Waals surface area contributed by atoms with Gasteiger partial charge in [0.2, 0.25) is 5.91 Å². The van der Waals surface area contributed by atoms with Crippen LogP contribution in [0.15, 0.2) is 48.5 Å². The number of benzene rings is 2. The standard InChI is InChI=1S/C16H13ClN2OS2/c17-11-5-1-2-6-12(11)18-15(20)9-21-10-16-19-13-7-3-4-8-14(13)22-16/h1-8H,9-10H2,(H,18,20). The molecule has 112 valence electrons. The number of hydrogen-bond acceptors (Lipinski definition) is 4. The van der Waals surface area contributed by atoms with Gasteiger partial charge in [0.25, 0.3) is 0 Å². The van der Waals surface area contributed by atoms with Gasteiger partial charge < -0.3 is 5.32 Å². The molecule has 1 amide bonds. The Morgan fingerprint density at radius 1 is 1.18 bits per heavy atom. The third kappa shape index (κ3) is 3.80. The van der Waals surface area contributed by atoms with Crippen molar-refractivity contribution < 1.29 is 4.79 Å². The number of aromatic nitrogens is 1. The van der Waals surface area contributed by atoms with Gasteiger partial charge in [0, 0.05) is 5.75 Å². The van der Waals surface area contributed by atoms with Crippen LogP contribution < -0.4 is 5.32 Å². The summed E-state index contributed by atoms with van der Waals surface area (Å²) in [5.74, 6) is 1.05. The molecule has 3 rings (SSSR count). The Balaban J connectivity index is 1.52. The summed E-state index contributed by atoms with van der Waals surface area (Å²) in [5.41, 5.74) is 1.67. The predicted octanol–water partition coefficient (Wildman–Crippen LogP) is 4.82. The maximum Gasteiger partial charge on any atom is 0.234 e. The number of rotatable bonds is 5. The molecule has 2 aromatic carbocycles. The fourth-order valence-electron chi connectivity index (χ4n) is 1.96. The number of nitrogens with one attached hydrogen (secondary N) is 1. The Morgan fingerprint density at radius 2 is 1.95 bits per heavy atom. The lowest BCUT2D eigenvalue weighted by atomic mass is 10.3. The van der Waals surface area contributed by atoms with Crippen LogP contribution in [-0.4, -0.2) is 16.6 Å². The highest BCUT2D eigenvalue weighted by molar-refractivity contribution is 7.99. The maximum atomic E-state index is 11.9. The normalized spacial score (nSPS) is 10.8. The molecule has 3 nitrogen and oxygen atoms in total. The number of halogens is 1. The van der Waals surface area contributed by atoms with Crippen molar-refractivity contribution in [3.05, 3.63) is 58.6 Å². The molecule has 1 aromatic heterocycles. The quantitative estimate of drug-likeness (QED) is 0.718. The first-order chi connectivity index (χ1) is 10.7. The number of thiazole rings is 1. The molecule has 0 radical (unpaired) electrons. The molecular formula is C16H13ClN2OS2. The van der Waals surface area contributed by atoms with Gasteiger partial charge in [-0.3, -0.25) is 4.79 Å². The number of hydrogen-bond donors (Lipinski definition) is 1. The summed E-state index contributed by atoms with van der Waals surface area (Å²) in [5, 5.41) is 4.40. The Morgan fingerprint density at radius 3 is 2.77 bits per heavy atom. The van der Waals surface area contributed by atoms with Crippen LogP contribution in [0.4, 0.5) is 5.69 Å². The molecule has 0 aliphatic heterocycles. The van der Waals surface area contributed by atoms with E-state index in [1.807, 2.05) is 30.3 Å². The molecule has 0 saturated heterocycles. The third-order valence-electron chi connectivity index (χ3n) is 2.94. The van der Waals surface area contributed by atoms with Gasteiger partial charge in [-0.2, -0.15) is 0 Å². The van der Waals surface area contributed by atoms with E-state index in [0.29, 0.717) is 16.5 Å². The summed E-state index contributed by atoms with van der Waals surface area (Å²) < 4.78 is 1.18. The molecule has 6 heteroatoms. The van der Waals surface area contributed by atoms with Crippen molar-refractivity contribution in [2.24, 2.45) is 0 Å². The number of amides is 1. The van der Waals surface area contributed by atoms with Crippen LogP contribution in [0.5, 0.6) is 0 Å². The minimum absolute atomic E-state index is 0.0563. The minimum Gasteiger partial charge on any atom is -0.324 e. The summed E-state index contributed by atoms with van der Waals surface area (Å²) in [6, 6.07) is 15.3. The van der Waals surface area contributed by atoms with Crippen molar-refractivity contribution in [3.8, 4) is 0 Å². The first kappa shape index (κ1) is 15.3. The molecule has 0 bridgehead atoms. The molecule has 0 aliphatic rings. The van der Waals surface area contributed by atoms with E-state index in [-0.39, 0.29) is 5.91 Å². The fraction of sp³-hybridized carbons (Fsp3) is 0.125. The zero-order chi connectivity index (χ0) is 15.4. The van der Waals surface area contributed by atoms with Crippen LogP contribution in [0.3, 0.4) is 0 Å². The highest BCUT2D eigenvalue weighted by Gasteiger charge is 2.07. The average molecular weight is 349 g/mol. The monoisotopic (exact) mass is 348 g/mol. The van der Waals surface area contributed by atoms with Gasteiger partial charge in [0.1, 0.15) is 5.01 Å². The van der Waals surface area contributed by atoms with E-state index in [0.717, 1.165) is 16.3 Å². The van der Waals surface area contributed by atoms with Gasteiger partial charge in [-0.05, 0) is 24.3 Å². The molecule has 0 unspecified atom stereocenters. The molecule has 0 aliphatic carbocycles. The topological polar surface area (TPSA) is 42.0 Å². The van der Waals surface area contributed by atoms with Crippen LogP contribution in [0.25, 0.3) is 10.2 Å². The lowest BCUT2D eigenvalue weighted by Gasteiger charge is -2.06. The molecule has 0 saturated carbocycles. The first-order valence-electron chi connectivity index (χ1n) is 6.69. The van der Waals surface area contributed by atoms with Crippen LogP contribution in [-0.2, 0) is 10.5 Å². The van der Waals surface area contributed by atoms with Gasteiger partial charge in [0.05, 0.1) is 26.7 Å². The minimum atomic E-state index is -0.0563. The number of nitrogens with zero attached hydrogens (tertiary/aromatic N) is 1. The fourth-order valence-corrected chi connectivity index (χ4v) is 3.99. The van der Waals surface area contributed by atoms with Crippen LogP contribution in [0, 0.1) is 0 Å². The molecule has 0 atom stereocenters. The van der Waals surface area contributed by atoms with Crippen molar-refractivity contribution in [2.75, 3.05) is 11.1 Å². The van der Waals surface area contributed by atoms with Gasteiger partial charge in [-0.15, -0.1) is 23.1 Å². The van der Waals surface area contributed by atoms with Crippen molar-refractivity contribution in [2.45, 2.75) is 5.75 Å². The summed E-state index contributed by atoms with van der Waals surface area (Å²) in [7, 11) is 0. The second-order valence-electron chi connectivity index (χ2n) is 4.60. The Kier molecular flexibility index (Phi) is 4.97. The Hall–Kier alpha value is -1.56. The summed E-state index contributed by atoms with van der Waals surface area (Å²) in [6.45, 7) is 0. The van der Waals surface area contributed by atoms with E-state index in [2.05, 4.69) is 16.4 Å². The molecule has 0 spiro atoms. The van der Waals surface area contributed by atoms with Crippen LogP contribution in [0.1, 0.15) is 5.01 Å². The summed E-state index contributed by atoms with van der Waals surface area (Å²) >= 11 is 9.23. The van der Waals surface area contributed by atoms with Gasteiger partial charge >= 0.3 is 0 Å². The number of para-hydroxylation sites is 2. The van der Waals surface area contributed by atoms with Gasteiger partial charge in [-0.1, -0.05) is 35.9 Å². The number of carbonyl (C=O) groups excluding carboxylic acids is 1. The van der Waals surface area contributed by atoms with E-state index in [9.17, 15) is 4.79 Å². The highest BCUT2D eigenvalue weighted by atomic mass is 35.5. The van der Waals surface area contributed by atoms with E-state index in [1.165, 1.54) is 4.70 Å². The van der Waals surface area contributed by atoms with Crippen molar-refractivity contribution in [1.82, 2.24) is 4.98 Å². The zero-order valence-corrected chi connectivity index (χ0v) is 14.0. The average Bonchev–Trinajstić information content (AvgIpc) is 2.92.